The lowest BCUT2D eigenvalue weighted by molar-refractivity contribution is 0.325. The molecule has 23 heavy (non-hydrogen) atoms. The summed E-state index contributed by atoms with van der Waals surface area (Å²) in [4.78, 5) is 6.75. The summed E-state index contributed by atoms with van der Waals surface area (Å²) in [7, 11) is 0. The zero-order valence-electron chi connectivity index (χ0n) is 13.7. The average molecular weight is 316 g/mol. The molecule has 0 spiro atoms. The van der Waals surface area contributed by atoms with Gasteiger partial charge < -0.3 is 14.7 Å². The van der Waals surface area contributed by atoms with Crippen LogP contribution in [0.3, 0.4) is 0 Å². The predicted molar refractivity (Wildman–Crippen MR) is 87.5 cm³/mol. The molecule has 2 aliphatic rings. The van der Waals surface area contributed by atoms with E-state index >= 15 is 0 Å². The number of nitrogens with zero attached hydrogens (tertiary/aromatic N) is 5. The number of piperazine rings is 1. The van der Waals surface area contributed by atoms with Gasteiger partial charge in [-0.3, -0.25) is 4.68 Å². The highest BCUT2D eigenvalue weighted by atomic mass is 16.5. The molecule has 1 saturated heterocycles. The van der Waals surface area contributed by atoms with E-state index in [0.29, 0.717) is 17.9 Å². The van der Waals surface area contributed by atoms with Crippen molar-refractivity contribution in [3.63, 3.8) is 0 Å². The quantitative estimate of drug-likeness (QED) is 0.935. The highest BCUT2D eigenvalue weighted by Gasteiger charge is 2.23. The van der Waals surface area contributed by atoms with Gasteiger partial charge in [0.15, 0.2) is 0 Å². The Hall–Kier alpha value is -1.89. The third-order valence-corrected chi connectivity index (χ3v) is 5.01. The van der Waals surface area contributed by atoms with Crippen LogP contribution in [-0.4, -0.2) is 46.1 Å². The molecule has 0 unspecified atom stereocenters. The molecule has 0 radical (unpaired) electrons. The molecule has 2 fully saturated rings. The Kier molecular flexibility index (Phi) is 4.03. The zero-order valence-corrected chi connectivity index (χ0v) is 13.7. The predicted octanol–water partition coefficient (Wildman–Crippen LogP) is 2.16. The van der Waals surface area contributed by atoms with Crippen LogP contribution in [0.15, 0.2) is 10.7 Å². The van der Waals surface area contributed by atoms with E-state index in [-0.39, 0.29) is 0 Å². The van der Waals surface area contributed by atoms with Crippen molar-refractivity contribution in [1.29, 1.82) is 0 Å². The molecule has 2 aromatic rings. The molecule has 0 atom stereocenters. The van der Waals surface area contributed by atoms with E-state index in [2.05, 4.69) is 37.1 Å². The molecule has 7 heteroatoms. The molecule has 124 valence electrons. The molecule has 3 heterocycles. The summed E-state index contributed by atoms with van der Waals surface area (Å²) >= 11 is 0. The monoisotopic (exact) mass is 316 g/mol. The van der Waals surface area contributed by atoms with Crippen molar-refractivity contribution in [3.05, 3.63) is 11.9 Å². The minimum absolute atomic E-state index is 0.521. The second kappa shape index (κ2) is 6.31. The standard InChI is InChI=1S/C16H24N6O/c1-12-14(11-18-22(12)13-5-3-2-4-6-13)15-19-16(20-23-15)21-9-7-17-8-10-21/h11,13,17H,2-10H2,1H3. The fourth-order valence-electron chi connectivity index (χ4n) is 3.65. The van der Waals surface area contributed by atoms with Crippen LogP contribution in [0.2, 0.25) is 0 Å². The van der Waals surface area contributed by atoms with Crippen molar-refractivity contribution < 1.29 is 4.52 Å². The summed E-state index contributed by atoms with van der Waals surface area (Å²) in [6, 6.07) is 0.521. The van der Waals surface area contributed by atoms with Crippen LogP contribution in [0.1, 0.15) is 43.8 Å². The number of rotatable bonds is 3. The summed E-state index contributed by atoms with van der Waals surface area (Å²) in [5, 5.41) is 12.1. The largest absolute Gasteiger partial charge is 0.336 e. The van der Waals surface area contributed by atoms with Crippen molar-refractivity contribution in [3.8, 4) is 11.5 Å². The average Bonchev–Trinajstić information content (AvgIpc) is 3.23. The summed E-state index contributed by atoms with van der Waals surface area (Å²) in [5.41, 5.74) is 2.09. The van der Waals surface area contributed by atoms with Gasteiger partial charge >= 0.3 is 0 Å². The SMILES string of the molecule is Cc1c(-c2nc(N3CCNCC3)no2)cnn1C1CCCCC1. The smallest absolute Gasteiger partial charge is 0.266 e. The molecule has 1 aliphatic heterocycles. The number of aromatic nitrogens is 4. The van der Waals surface area contributed by atoms with Crippen LogP contribution in [0.5, 0.6) is 0 Å². The van der Waals surface area contributed by atoms with Gasteiger partial charge in [0, 0.05) is 31.9 Å². The van der Waals surface area contributed by atoms with Gasteiger partial charge in [-0.1, -0.05) is 19.3 Å². The fraction of sp³-hybridized carbons (Fsp3) is 0.688. The third kappa shape index (κ3) is 2.85. The van der Waals surface area contributed by atoms with E-state index in [4.69, 9.17) is 4.52 Å². The van der Waals surface area contributed by atoms with E-state index < -0.39 is 0 Å². The summed E-state index contributed by atoms with van der Waals surface area (Å²) in [5.74, 6) is 1.27. The minimum Gasteiger partial charge on any atom is -0.336 e. The number of nitrogens with one attached hydrogen (secondary N) is 1. The number of hydrogen-bond donors (Lipinski definition) is 1. The van der Waals surface area contributed by atoms with Gasteiger partial charge in [-0.15, -0.1) is 0 Å². The Balaban J connectivity index is 1.56. The Morgan fingerprint density at radius 2 is 1.96 bits per heavy atom. The maximum absolute atomic E-state index is 5.51. The first kappa shape index (κ1) is 14.7. The van der Waals surface area contributed by atoms with Gasteiger partial charge in [0.2, 0.25) is 0 Å². The summed E-state index contributed by atoms with van der Waals surface area (Å²) in [6.45, 7) is 5.86. The van der Waals surface area contributed by atoms with Crippen LogP contribution in [0.25, 0.3) is 11.5 Å². The second-order valence-electron chi connectivity index (χ2n) is 6.52. The van der Waals surface area contributed by atoms with E-state index in [1.165, 1.54) is 32.1 Å². The van der Waals surface area contributed by atoms with Gasteiger partial charge in [0.1, 0.15) is 0 Å². The van der Waals surface area contributed by atoms with Gasteiger partial charge in [-0.05, 0) is 24.9 Å². The van der Waals surface area contributed by atoms with Crippen LogP contribution in [0, 0.1) is 6.92 Å². The first-order valence-corrected chi connectivity index (χ1v) is 8.67. The maximum Gasteiger partial charge on any atom is 0.266 e. The molecular weight excluding hydrogens is 292 g/mol. The molecule has 0 amide bonds. The van der Waals surface area contributed by atoms with Gasteiger partial charge in [-0.25, -0.2) is 0 Å². The molecule has 0 aromatic carbocycles. The Morgan fingerprint density at radius 3 is 2.74 bits per heavy atom. The van der Waals surface area contributed by atoms with Gasteiger partial charge in [0.05, 0.1) is 17.8 Å². The molecule has 1 N–H and O–H groups in total. The van der Waals surface area contributed by atoms with Crippen molar-refractivity contribution in [1.82, 2.24) is 25.2 Å². The fourth-order valence-corrected chi connectivity index (χ4v) is 3.65. The molecular formula is C16H24N6O. The van der Waals surface area contributed by atoms with E-state index in [1.807, 2.05) is 6.20 Å². The number of anilines is 1. The molecule has 4 rings (SSSR count). The highest BCUT2D eigenvalue weighted by Crippen LogP contribution is 2.31. The molecule has 0 bridgehead atoms. The number of hydrogen-bond acceptors (Lipinski definition) is 6. The van der Waals surface area contributed by atoms with Crippen LogP contribution in [-0.2, 0) is 0 Å². The Morgan fingerprint density at radius 1 is 1.17 bits per heavy atom. The third-order valence-electron chi connectivity index (χ3n) is 5.01. The van der Waals surface area contributed by atoms with E-state index in [9.17, 15) is 0 Å². The highest BCUT2D eigenvalue weighted by molar-refractivity contribution is 5.56. The first-order chi connectivity index (χ1) is 11.3. The zero-order chi connectivity index (χ0) is 15.6. The Bertz CT molecular complexity index is 651. The van der Waals surface area contributed by atoms with Crippen LogP contribution < -0.4 is 10.2 Å². The lowest BCUT2D eigenvalue weighted by Gasteiger charge is -2.25. The minimum atomic E-state index is 0.521. The van der Waals surface area contributed by atoms with Crippen molar-refractivity contribution >= 4 is 5.95 Å². The molecule has 1 aliphatic carbocycles. The van der Waals surface area contributed by atoms with E-state index in [0.717, 1.165) is 37.4 Å². The molecule has 2 aromatic heterocycles. The van der Waals surface area contributed by atoms with Gasteiger partial charge in [0.25, 0.3) is 11.8 Å². The topological polar surface area (TPSA) is 72.0 Å². The van der Waals surface area contributed by atoms with Gasteiger partial charge in [-0.2, -0.15) is 10.1 Å². The first-order valence-electron chi connectivity index (χ1n) is 8.67. The van der Waals surface area contributed by atoms with Crippen molar-refractivity contribution in [2.75, 3.05) is 31.1 Å². The van der Waals surface area contributed by atoms with E-state index in [1.54, 1.807) is 0 Å². The Labute approximate surface area is 136 Å². The lowest BCUT2D eigenvalue weighted by atomic mass is 9.95. The molecule has 7 nitrogen and oxygen atoms in total. The maximum atomic E-state index is 5.51. The summed E-state index contributed by atoms with van der Waals surface area (Å²) in [6.07, 6.45) is 8.26. The van der Waals surface area contributed by atoms with Crippen molar-refractivity contribution in [2.24, 2.45) is 0 Å². The lowest BCUT2D eigenvalue weighted by Crippen LogP contribution is -2.44. The molecule has 1 saturated carbocycles. The van der Waals surface area contributed by atoms with Crippen LogP contribution >= 0.6 is 0 Å². The van der Waals surface area contributed by atoms with Crippen LogP contribution in [0.4, 0.5) is 5.95 Å². The second-order valence-corrected chi connectivity index (χ2v) is 6.52. The summed E-state index contributed by atoms with van der Waals surface area (Å²) < 4.78 is 7.66. The van der Waals surface area contributed by atoms with Crippen molar-refractivity contribution in [2.45, 2.75) is 45.1 Å². The normalized spacial score (nSPS) is 20.1.